The van der Waals surface area contributed by atoms with E-state index in [1.54, 1.807) is 0 Å². The lowest BCUT2D eigenvalue weighted by Gasteiger charge is -2.18. The Morgan fingerprint density at radius 2 is 0.527 bits per heavy atom. The van der Waals surface area contributed by atoms with Crippen LogP contribution in [0.2, 0.25) is 0 Å². The summed E-state index contributed by atoms with van der Waals surface area (Å²) in [7, 11) is 0. The highest BCUT2D eigenvalue weighted by molar-refractivity contribution is 5.71. The van der Waals surface area contributed by atoms with Gasteiger partial charge in [-0.25, -0.2) is 0 Å². The molecule has 424 valence electrons. The summed E-state index contributed by atoms with van der Waals surface area (Å²) in [6.07, 6.45) is 83.0. The van der Waals surface area contributed by atoms with Crippen molar-refractivity contribution in [1.82, 2.24) is 0 Å². The monoisotopic (exact) mass is 1030 g/mol. The van der Waals surface area contributed by atoms with Gasteiger partial charge in [0.15, 0.2) is 6.10 Å². The number of carbonyl (C=O) groups is 3. The lowest BCUT2D eigenvalue weighted by atomic mass is 10.0. The van der Waals surface area contributed by atoms with Crippen molar-refractivity contribution in [3.8, 4) is 0 Å². The number of unbranched alkanes of at least 4 members (excludes halogenated alkanes) is 29. The number of ether oxygens (including phenoxy) is 3. The SMILES string of the molecule is CC/C=C\C/C=C\C/C=C\C/C=C\C/C=C\C/C=C\CCCCCCC(=O)OC(COC(=O)CCCCCCCC)COC(=O)CCCCCCCCCCCCCCCCC/C=C\C/C=C\CCCCCCC. The summed E-state index contributed by atoms with van der Waals surface area (Å²) in [4.78, 5) is 38.0. The summed E-state index contributed by atoms with van der Waals surface area (Å²) >= 11 is 0. The molecule has 6 heteroatoms. The second-order valence-electron chi connectivity index (χ2n) is 20.6. The molecule has 0 heterocycles. The minimum atomic E-state index is -0.789. The maximum atomic E-state index is 12.8. The molecule has 6 nitrogen and oxygen atoms in total. The Morgan fingerprint density at radius 1 is 0.284 bits per heavy atom. The van der Waals surface area contributed by atoms with Crippen LogP contribution in [0.25, 0.3) is 0 Å². The highest BCUT2D eigenvalue weighted by Crippen LogP contribution is 2.16. The fraction of sp³-hybridized carbons (Fsp3) is 0.721. The van der Waals surface area contributed by atoms with Gasteiger partial charge in [0.05, 0.1) is 0 Å². The van der Waals surface area contributed by atoms with E-state index in [4.69, 9.17) is 14.2 Å². The van der Waals surface area contributed by atoms with Gasteiger partial charge in [0, 0.05) is 19.3 Å². The quantitative estimate of drug-likeness (QED) is 0.0261. The lowest BCUT2D eigenvalue weighted by molar-refractivity contribution is -0.167. The third-order valence-corrected chi connectivity index (χ3v) is 13.3. The summed E-state index contributed by atoms with van der Waals surface area (Å²) in [6, 6.07) is 0. The number of hydrogen-bond donors (Lipinski definition) is 0. The summed E-state index contributed by atoms with van der Waals surface area (Å²) in [5.41, 5.74) is 0. The maximum absolute atomic E-state index is 12.8. The predicted molar refractivity (Wildman–Crippen MR) is 320 cm³/mol. The van der Waals surface area contributed by atoms with E-state index in [-0.39, 0.29) is 31.1 Å². The van der Waals surface area contributed by atoms with Crippen LogP contribution in [0.3, 0.4) is 0 Å². The van der Waals surface area contributed by atoms with Crippen LogP contribution in [-0.4, -0.2) is 37.2 Å². The van der Waals surface area contributed by atoms with E-state index in [0.29, 0.717) is 19.3 Å². The zero-order valence-corrected chi connectivity index (χ0v) is 48.6. The van der Waals surface area contributed by atoms with Crippen LogP contribution in [0.5, 0.6) is 0 Å². The molecule has 1 unspecified atom stereocenters. The molecule has 0 aromatic carbocycles. The van der Waals surface area contributed by atoms with Crippen LogP contribution in [0.15, 0.2) is 97.2 Å². The van der Waals surface area contributed by atoms with Crippen LogP contribution in [0, 0.1) is 0 Å². The second-order valence-corrected chi connectivity index (χ2v) is 20.6. The molecule has 0 aliphatic heterocycles. The zero-order valence-electron chi connectivity index (χ0n) is 48.6. The topological polar surface area (TPSA) is 78.9 Å². The van der Waals surface area contributed by atoms with Crippen LogP contribution in [0.1, 0.15) is 297 Å². The molecule has 0 aromatic rings. The lowest BCUT2D eigenvalue weighted by Crippen LogP contribution is -2.30. The standard InChI is InChI=1S/C68H116O6/c1-4-7-10-13-16-18-20-22-24-26-28-30-32-33-34-35-37-38-40-42-44-46-48-50-52-55-58-61-67(70)73-64-65(63-72-66(69)60-57-54-15-12-9-6-3)74-68(71)62-59-56-53-51-49-47-45-43-41-39-36-31-29-27-25-23-21-19-17-14-11-8-5-2/h8,11,17,19-20,22-23,25-26,28-29,31,39,41,45,47,65H,4-7,9-10,12-16,18,21,24,27,30,32-38,40,42-44,46,48-64H2,1-3H3/b11-8-,19-17-,22-20-,25-23-,28-26-,31-29-,41-39-,47-45-. The smallest absolute Gasteiger partial charge is 0.306 e. The molecular weight excluding hydrogens is 913 g/mol. The van der Waals surface area contributed by atoms with Gasteiger partial charge < -0.3 is 14.2 Å². The number of carbonyl (C=O) groups excluding carboxylic acids is 3. The van der Waals surface area contributed by atoms with E-state index in [9.17, 15) is 14.4 Å². The summed E-state index contributed by atoms with van der Waals surface area (Å²) in [5.74, 6) is -0.916. The first-order valence-corrected chi connectivity index (χ1v) is 31.2. The Bertz CT molecular complexity index is 1460. The average molecular weight is 1030 g/mol. The van der Waals surface area contributed by atoms with Gasteiger partial charge in [0.2, 0.25) is 0 Å². The van der Waals surface area contributed by atoms with Crippen molar-refractivity contribution in [2.24, 2.45) is 0 Å². The number of esters is 3. The first kappa shape index (κ1) is 70.3. The Kier molecular flexibility index (Phi) is 58.8. The third-order valence-electron chi connectivity index (χ3n) is 13.3. The highest BCUT2D eigenvalue weighted by Gasteiger charge is 2.19. The molecule has 0 radical (unpaired) electrons. The van der Waals surface area contributed by atoms with Gasteiger partial charge in [-0.15, -0.1) is 0 Å². The molecule has 74 heavy (non-hydrogen) atoms. The maximum Gasteiger partial charge on any atom is 0.306 e. The molecule has 0 aliphatic rings. The van der Waals surface area contributed by atoms with Crippen molar-refractivity contribution >= 4 is 17.9 Å². The molecule has 1 atom stereocenters. The molecule has 0 amide bonds. The normalized spacial score (nSPS) is 12.7. The largest absolute Gasteiger partial charge is 0.462 e. The Hall–Kier alpha value is -3.67. The van der Waals surface area contributed by atoms with E-state index in [1.165, 1.54) is 141 Å². The molecule has 0 aromatic heterocycles. The average Bonchev–Trinajstić information content (AvgIpc) is 3.40. The molecule has 0 rings (SSSR count). The van der Waals surface area contributed by atoms with Crippen molar-refractivity contribution in [3.63, 3.8) is 0 Å². The molecule has 0 saturated heterocycles. The summed E-state index contributed by atoms with van der Waals surface area (Å²) in [5, 5.41) is 0. The van der Waals surface area contributed by atoms with Crippen LogP contribution in [-0.2, 0) is 28.6 Å². The van der Waals surface area contributed by atoms with E-state index in [1.807, 2.05) is 0 Å². The predicted octanol–water partition coefficient (Wildman–Crippen LogP) is 21.3. The zero-order chi connectivity index (χ0) is 53.6. The Balaban J connectivity index is 4.14. The number of hydrogen-bond acceptors (Lipinski definition) is 6. The first-order chi connectivity index (χ1) is 36.5. The second kappa shape index (κ2) is 61.9. The van der Waals surface area contributed by atoms with Gasteiger partial charge in [-0.1, -0.05) is 272 Å². The van der Waals surface area contributed by atoms with Crippen LogP contribution >= 0.6 is 0 Å². The van der Waals surface area contributed by atoms with Gasteiger partial charge >= 0.3 is 17.9 Å². The minimum absolute atomic E-state index is 0.0868. The van der Waals surface area contributed by atoms with Gasteiger partial charge in [-0.05, 0) is 103 Å². The van der Waals surface area contributed by atoms with Crippen molar-refractivity contribution in [2.45, 2.75) is 303 Å². The van der Waals surface area contributed by atoms with Crippen molar-refractivity contribution < 1.29 is 28.6 Å². The molecule has 0 bridgehead atoms. The molecule has 0 aliphatic carbocycles. The Labute approximate surface area is 457 Å². The van der Waals surface area contributed by atoms with E-state index >= 15 is 0 Å². The van der Waals surface area contributed by atoms with Crippen molar-refractivity contribution in [2.75, 3.05) is 13.2 Å². The fourth-order valence-electron chi connectivity index (χ4n) is 8.65. The van der Waals surface area contributed by atoms with Crippen molar-refractivity contribution in [3.05, 3.63) is 97.2 Å². The van der Waals surface area contributed by atoms with Gasteiger partial charge in [0.25, 0.3) is 0 Å². The molecule has 0 spiro atoms. The van der Waals surface area contributed by atoms with E-state index in [0.717, 1.165) is 116 Å². The Morgan fingerprint density at radius 3 is 0.824 bits per heavy atom. The number of allylic oxidation sites excluding steroid dienone is 16. The molecule has 0 fully saturated rings. The van der Waals surface area contributed by atoms with E-state index < -0.39 is 6.10 Å². The van der Waals surface area contributed by atoms with Crippen LogP contribution < -0.4 is 0 Å². The van der Waals surface area contributed by atoms with Crippen molar-refractivity contribution in [1.29, 1.82) is 0 Å². The summed E-state index contributed by atoms with van der Waals surface area (Å²) < 4.78 is 16.8. The fourth-order valence-corrected chi connectivity index (χ4v) is 8.65. The third kappa shape index (κ3) is 59.2. The molecule has 0 N–H and O–H groups in total. The van der Waals surface area contributed by atoms with E-state index in [2.05, 4.69) is 118 Å². The van der Waals surface area contributed by atoms with Gasteiger partial charge in [0.1, 0.15) is 13.2 Å². The van der Waals surface area contributed by atoms with Crippen LogP contribution in [0.4, 0.5) is 0 Å². The minimum Gasteiger partial charge on any atom is -0.462 e. The number of rotatable bonds is 56. The highest BCUT2D eigenvalue weighted by atomic mass is 16.6. The van der Waals surface area contributed by atoms with Gasteiger partial charge in [-0.3, -0.25) is 14.4 Å². The summed E-state index contributed by atoms with van der Waals surface area (Å²) in [6.45, 7) is 6.45. The molecule has 0 saturated carbocycles. The van der Waals surface area contributed by atoms with Gasteiger partial charge in [-0.2, -0.15) is 0 Å². The molecular formula is C68H116O6. The first-order valence-electron chi connectivity index (χ1n) is 31.2.